The van der Waals surface area contributed by atoms with E-state index in [-0.39, 0.29) is 23.4 Å². The Kier molecular flexibility index (Phi) is 8.16. The van der Waals surface area contributed by atoms with Gasteiger partial charge in [-0.1, -0.05) is 48.1 Å². The number of hydrogen-bond donors (Lipinski definition) is 0. The van der Waals surface area contributed by atoms with Crippen molar-refractivity contribution >= 4 is 5.97 Å². The summed E-state index contributed by atoms with van der Waals surface area (Å²) in [6, 6.07) is 0. The van der Waals surface area contributed by atoms with Gasteiger partial charge in [-0.3, -0.25) is 4.79 Å². The molecule has 0 aliphatic heterocycles. The summed E-state index contributed by atoms with van der Waals surface area (Å²) < 4.78 is 15.7. The summed E-state index contributed by atoms with van der Waals surface area (Å²) >= 11 is 0. The molecule has 0 spiro atoms. The van der Waals surface area contributed by atoms with Crippen LogP contribution in [-0.2, 0) is 19.0 Å². The van der Waals surface area contributed by atoms with Crippen LogP contribution in [0.2, 0.25) is 0 Å². The van der Waals surface area contributed by atoms with Crippen molar-refractivity contribution in [2.24, 2.45) is 16.2 Å². The quantitative estimate of drug-likeness (QED) is 0.363. The minimum absolute atomic E-state index is 0.0551. The van der Waals surface area contributed by atoms with Gasteiger partial charge >= 0.3 is 5.97 Å². The maximum Gasteiger partial charge on any atom is 0.312 e. The molecule has 0 fully saturated rings. The van der Waals surface area contributed by atoms with E-state index in [1.165, 1.54) is 6.26 Å². The highest BCUT2D eigenvalue weighted by Crippen LogP contribution is 2.47. The summed E-state index contributed by atoms with van der Waals surface area (Å²) in [4.78, 5) is 12.6. The number of carbonyl (C=O) groups excluding carboxylic acids is 1. The Morgan fingerprint density at radius 1 is 0.955 bits per heavy atom. The van der Waals surface area contributed by atoms with Gasteiger partial charge in [0, 0.05) is 0 Å². The van der Waals surface area contributed by atoms with Crippen molar-refractivity contribution in [1.82, 2.24) is 0 Å². The van der Waals surface area contributed by atoms with Gasteiger partial charge in [-0.15, -0.1) is 0 Å². The third-order valence-electron chi connectivity index (χ3n) is 3.91. The highest BCUT2D eigenvalue weighted by atomic mass is 16.6. The Hall–Kier alpha value is -1.03. The second-order valence-electron chi connectivity index (χ2n) is 8.11. The minimum Gasteiger partial charge on any atom is -0.499 e. The van der Waals surface area contributed by atoms with E-state index >= 15 is 0 Å². The monoisotopic (exact) mass is 314 g/mol. The molecule has 1 unspecified atom stereocenters. The summed E-state index contributed by atoms with van der Waals surface area (Å²) in [6.07, 6.45) is 2.15. The molecule has 1 atom stereocenters. The summed E-state index contributed by atoms with van der Waals surface area (Å²) in [5.41, 5.74) is -0.646. The molecule has 0 N–H and O–H groups in total. The Labute approximate surface area is 136 Å². The number of esters is 1. The van der Waals surface area contributed by atoms with Crippen molar-refractivity contribution in [2.75, 3.05) is 26.4 Å². The van der Waals surface area contributed by atoms with Crippen LogP contribution < -0.4 is 0 Å². The largest absolute Gasteiger partial charge is 0.499 e. The Bertz CT molecular complexity index is 349. The molecular formula is C18H34O4. The first-order chi connectivity index (χ1) is 9.94. The topological polar surface area (TPSA) is 44.8 Å². The molecule has 0 aromatic rings. The lowest BCUT2D eigenvalue weighted by molar-refractivity contribution is -0.166. The average molecular weight is 314 g/mol. The molecule has 0 aromatic heterocycles. The van der Waals surface area contributed by atoms with Crippen molar-refractivity contribution in [3.8, 4) is 0 Å². The molecule has 22 heavy (non-hydrogen) atoms. The summed E-state index contributed by atoms with van der Waals surface area (Å²) in [5, 5.41) is 0. The fourth-order valence-electron chi connectivity index (χ4n) is 2.35. The molecule has 0 radical (unpaired) electrons. The van der Waals surface area contributed by atoms with Crippen LogP contribution in [0.3, 0.4) is 0 Å². The fourth-order valence-corrected chi connectivity index (χ4v) is 2.35. The zero-order valence-electron chi connectivity index (χ0n) is 15.5. The van der Waals surface area contributed by atoms with Gasteiger partial charge in [-0.25, -0.2) is 0 Å². The van der Waals surface area contributed by atoms with Crippen molar-refractivity contribution < 1.29 is 19.0 Å². The van der Waals surface area contributed by atoms with E-state index in [1.807, 2.05) is 6.92 Å². The third-order valence-corrected chi connectivity index (χ3v) is 3.91. The normalized spacial score (nSPS) is 15.0. The molecule has 4 heteroatoms. The maximum atomic E-state index is 12.6. The average Bonchev–Trinajstić information content (AvgIpc) is 2.34. The van der Waals surface area contributed by atoms with Crippen LogP contribution in [-0.4, -0.2) is 32.4 Å². The molecule has 0 saturated carbocycles. The lowest BCUT2D eigenvalue weighted by Crippen LogP contribution is -2.44. The van der Waals surface area contributed by atoms with Crippen LogP contribution >= 0.6 is 0 Å². The van der Waals surface area contributed by atoms with Gasteiger partial charge in [-0.2, -0.15) is 0 Å². The molecule has 4 nitrogen and oxygen atoms in total. The zero-order chi connectivity index (χ0) is 17.4. The van der Waals surface area contributed by atoms with E-state index in [0.717, 1.165) is 6.42 Å². The predicted molar refractivity (Wildman–Crippen MR) is 89.6 cm³/mol. The van der Waals surface area contributed by atoms with Crippen molar-refractivity contribution in [3.05, 3.63) is 12.8 Å². The Morgan fingerprint density at radius 3 is 1.95 bits per heavy atom. The second kappa shape index (κ2) is 8.56. The number of carbonyl (C=O) groups is 1. The SMILES string of the molecule is C=COCCOCCOC(=O)C(C)(CC(C)(C)C)C(C)(C)C. The molecule has 130 valence electrons. The van der Waals surface area contributed by atoms with Gasteiger partial charge in [0.15, 0.2) is 0 Å². The van der Waals surface area contributed by atoms with Crippen LogP contribution in [0.15, 0.2) is 12.8 Å². The summed E-state index contributed by atoms with van der Waals surface area (Å²) in [7, 11) is 0. The van der Waals surface area contributed by atoms with E-state index < -0.39 is 5.41 Å². The van der Waals surface area contributed by atoms with Gasteiger partial charge in [0.25, 0.3) is 0 Å². The lowest BCUT2D eigenvalue weighted by atomic mass is 9.61. The molecule has 0 rings (SSSR count). The van der Waals surface area contributed by atoms with Gasteiger partial charge in [0.1, 0.15) is 13.2 Å². The van der Waals surface area contributed by atoms with E-state index in [0.29, 0.717) is 19.8 Å². The standard InChI is InChI=1S/C18H34O4/c1-9-20-10-11-21-12-13-22-15(19)18(8,17(5,6)7)14-16(2,3)4/h9H,1,10-14H2,2-8H3. The Morgan fingerprint density at radius 2 is 1.50 bits per heavy atom. The van der Waals surface area contributed by atoms with Crippen molar-refractivity contribution in [1.29, 1.82) is 0 Å². The molecule has 0 heterocycles. The highest BCUT2D eigenvalue weighted by molar-refractivity contribution is 5.77. The van der Waals surface area contributed by atoms with Crippen LogP contribution in [0, 0.1) is 16.2 Å². The smallest absolute Gasteiger partial charge is 0.312 e. The number of rotatable bonds is 9. The van der Waals surface area contributed by atoms with E-state index in [4.69, 9.17) is 14.2 Å². The van der Waals surface area contributed by atoms with Gasteiger partial charge in [0.05, 0.1) is 24.9 Å². The van der Waals surface area contributed by atoms with Gasteiger partial charge < -0.3 is 14.2 Å². The first-order valence-corrected chi connectivity index (χ1v) is 7.91. The molecule has 0 aliphatic carbocycles. The fraction of sp³-hybridized carbons (Fsp3) is 0.833. The molecule has 0 amide bonds. The van der Waals surface area contributed by atoms with Crippen LogP contribution in [0.25, 0.3) is 0 Å². The number of hydrogen-bond acceptors (Lipinski definition) is 4. The number of ether oxygens (including phenoxy) is 3. The lowest BCUT2D eigenvalue weighted by Gasteiger charge is -2.43. The molecule has 0 aliphatic rings. The maximum absolute atomic E-state index is 12.6. The van der Waals surface area contributed by atoms with Crippen molar-refractivity contribution in [3.63, 3.8) is 0 Å². The van der Waals surface area contributed by atoms with Gasteiger partial charge in [-0.05, 0) is 24.2 Å². The molecule has 0 bridgehead atoms. The molecular weight excluding hydrogens is 280 g/mol. The first-order valence-electron chi connectivity index (χ1n) is 7.91. The molecule has 0 saturated heterocycles. The third kappa shape index (κ3) is 7.30. The van der Waals surface area contributed by atoms with E-state index in [1.54, 1.807) is 0 Å². The van der Waals surface area contributed by atoms with Gasteiger partial charge in [0.2, 0.25) is 0 Å². The van der Waals surface area contributed by atoms with Crippen molar-refractivity contribution in [2.45, 2.75) is 54.9 Å². The Balaban J connectivity index is 4.46. The highest BCUT2D eigenvalue weighted by Gasteiger charge is 2.47. The van der Waals surface area contributed by atoms with Crippen LogP contribution in [0.5, 0.6) is 0 Å². The summed E-state index contributed by atoms with van der Waals surface area (Å²) in [5.74, 6) is -0.152. The minimum atomic E-state index is -0.531. The molecule has 0 aromatic carbocycles. The summed E-state index contributed by atoms with van der Waals surface area (Å²) in [6.45, 7) is 19.7. The van der Waals surface area contributed by atoms with Crippen LogP contribution in [0.1, 0.15) is 54.9 Å². The predicted octanol–water partition coefficient (Wildman–Crippen LogP) is 4.19. The first kappa shape index (κ1) is 21.0. The second-order valence-corrected chi connectivity index (χ2v) is 8.11. The zero-order valence-corrected chi connectivity index (χ0v) is 15.5. The van der Waals surface area contributed by atoms with Crippen LogP contribution in [0.4, 0.5) is 0 Å². The van der Waals surface area contributed by atoms with E-state index in [2.05, 4.69) is 48.1 Å². The van der Waals surface area contributed by atoms with E-state index in [9.17, 15) is 4.79 Å².